The summed E-state index contributed by atoms with van der Waals surface area (Å²) in [7, 11) is 0. The Morgan fingerprint density at radius 1 is 0.771 bits per heavy atom. The SMILES string of the molecule is C=C(C)Cc1c(C)cc2c(c1-c1ccc(C)cc1)CC(c1ccc3c(c1)C(C1CCC(C4CCC4)CC1)=CC3C1CC1)=C2.CC(C)(C)C. The molecule has 0 heteroatoms. The minimum Gasteiger partial charge on any atom is -0.0998 e. The summed E-state index contributed by atoms with van der Waals surface area (Å²) >= 11 is 0. The summed E-state index contributed by atoms with van der Waals surface area (Å²) in [5.41, 5.74) is 19.5. The van der Waals surface area contributed by atoms with Crippen LogP contribution in [0.4, 0.5) is 0 Å². The van der Waals surface area contributed by atoms with Crippen molar-refractivity contribution in [2.75, 3.05) is 0 Å². The fraction of sp³-hybridized carbons (Fsp3) is 0.500. The summed E-state index contributed by atoms with van der Waals surface area (Å²) in [4.78, 5) is 0. The van der Waals surface area contributed by atoms with Gasteiger partial charge in [0.1, 0.15) is 0 Å². The van der Waals surface area contributed by atoms with Gasteiger partial charge in [-0.3, -0.25) is 0 Å². The molecule has 0 amide bonds. The molecule has 3 aromatic carbocycles. The van der Waals surface area contributed by atoms with Crippen LogP contribution in [-0.2, 0) is 12.8 Å². The van der Waals surface area contributed by atoms with Crippen LogP contribution in [0.2, 0.25) is 0 Å². The number of aryl methyl sites for hydroxylation is 2. The number of hydrogen-bond acceptors (Lipinski definition) is 0. The molecule has 0 heterocycles. The van der Waals surface area contributed by atoms with Crippen LogP contribution in [-0.4, -0.2) is 0 Å². The lowest BCUT2D eigenvalue weighted by atomic mass is 9.67. The first-order valence-electron chi connectivity index (χ1n) is 19.4. The smallest absolute Gasteiger partial charge is 0.00584 e. The zero-order valence-corrected chi connectivity index (χ0v) is 31.1. The Balaban J connectivity index is 0.000000681. The molecule has 8 rings (SSSR count). The molecule has 0 aromatic heterocycles. The van der Waals surface area contributed by atoms with Gasteiger partial charge in [-0.2, -0.15) is 0 Å². The second-order valence-corrected chi connectivity index (χ2v) is 18.1. The summed E-state index contributed by atoms with van der Waals surface area (Å²) in [6, 6.07) is 19.2. The van der Waals surface area contributed by atoms with E-state index in [-0.39, 0.29) is 0 Å². The summed E-state index contributed by atoms with van der Waals surface area (Å²) in [5, 5.41) is 0. The van der Waals surface area contributed by atoms with Crippen LogP contribution in [0.3, 0.4) is 0 Å². The van der Waals surface area contributed by atoms with Crippen LogP contribution in [0.15, 0.2) is 66.8 Å². The molecule has 0 nitrogen and oxygen atoms in total. The van der Waals surface area contributed by atoms with E-state index in [2.05, 4.69) is 116 Å². The third-order valence-electron chi connectivity index (χ3n) is 11.9. The third-order valence-corrected chi connectivity index (χ3v) is 11.9. The molecule has 0 aliphatic heterocycles. The van der Waals surface area contributed by atoms with Gasteiger partial charge in [0.2, 0.25) is 0 Å². The van der Waals surface area contributed by atoms with E-state index in [1.807, 2.05) is 0 Å². The lowest BCUT2D eigenvalue weighted by molar-refractivity contribution is 0.150. The van der Waals surface area contributed by atoms with Crippen molar-refractivity contribution < 1.29 is 0 Å². The average Bonchev–Trinajstić information content (AvgIpc) is 3.65. The zero-order chi connectivity index (χ0) is 33.7. The monoisotopic (exact) mass is 636 g/mol. The average molecular weight is 637 g/mol. The van der Waals surface area contributed by atoms with Crippen LogP contribution in [0.25, 0.3) is 28.3 Å². The maximum Gasteiger partial charge on any atom is 0.00584 e. The van der Waals surface area contributed by atoms with Crippen LogP contribution in [0.1, 0.15) is 143 Å². The Labute approximate surface area is 292 Å². The molecule has 0 radical (unpaired) electrons. The van der Waals surface area contributed by atoms with Gasteiger partial charge in [-0.25, -0.2) is 0 Å². The van der Waals surface area contributed by atoms with Crippen molar-refractivity contribution in [1.82, 2.24) is 0 Å². The van der Waals surface area contributed by atoms with Crippen molar-refractivity contribution >= 4 is 17.2 Å². The van der Waals surface area contributed by atoms with E-state index in [4.69, 9.17) is 0 Å². The largest absolute Gasteiger partial charge is 0.0998 e. The van der Waals surface area contributed by atoms with Crippen molar-refractivity contribution in [3.63, 3.8) is 0 Å². The van der Waals surface area contributed by atoms with E-state index in [0.29, 0.717) is 11.3 Å². The Hall–Kier alpha value is -3.12. The van der Waals surface area contributed by atoms with Gasteiger partial charge in [-0.1, -0.05) is 119 Å². The zero-order valence-electron chi connectivity index (χ0n) is 31.1. The van der Waals surface area contributed by atoms with Crippen LogP contribution in [0, 0.1) is 42.9 Å². The number of benzene rings is 3. The van der Waals surface area contributed by atoms with Gasteiger partial charge in [0.05, 0.1) is 0 Å². The van der Waals surface area contributed by atoms with Gasteiger partial charge in [-0.05, 0) is 169 Å². The second-order valence-electron chi connectivity index (χ2n) is 18.1. The van der Waals surface area contributed by atoms with Gasteiger partial charge in [-0.15, -0.1) is 0 Å². The lowest BCUT2D eigenvalue weighted by Crippen LogP contribution is -2.26. The van der Waals surface area contributed by atoms with Gasteiger partial charge >= 0.3 is 0 Å². The molecule has 1 atom stereocenters. The molecule has 0 N–H and O–H groups in total. The molecular weight excluding hydrogens is 577 g/mol. The lowest BCUT2D eigenvalue weighted by Gasteiger charge is -2.39. The van der Waals surface area contributed by atoms with Crippen molar-refractivity contribution in [2.24, 2.45) is 29.1 Å². The van der Waals surface area contributed by atoms with Gasteiger partial charge < -0.3 is 0 Å². The highest BCUT2D eigenvalue weighted by Gasteiger charge is 2.39. The van der Waals surface area contributed by atoms with Gasteiger partial charge in [0.25, 0.3) is 0 Å². The first-order valence-corrected chi connectivity index (χ1v) is 19.4. The van der Waals surface area contributed by atoms with E-state index < -0.39 is 0 Å². The molecule has 3 fully saturated rings. The minimum absolute atomic E-state index is 0.500. The predicted molar refractivity (Wildman–Crippen MR) is 209 cm³/mol. The molecule has 0 bridgehead atoms. The number of hydrogen-bond donors (Lipinski definition) is 0. The fourth-order valence-electron chi connectivity index (χ4n) is 9.15. The van der Waals surface area contributed by atoms with Crippen molar-refractivity contribution in [3.8, 4) is 11.1 Å². The Kier molecular flexibility index (Phi) is 9.25. The molecule has 3 saturated carbocycles. The summed E-state index contributed by atoms with van der Waals surface area (Å²) < 4.78 is 0. The maximum absolute atomic E-state index is 4.30. The van der Waals surface area contributed by atoms with E-state index in [9.17, 15) is 0 Å². The van der Waals surface area contributed by atoms with Crippen LogP contribution >= 0.6 is 0 Å². The molecule has 0 spiro atoms. The molecule has 3 aromatic rings. The molecule has 5 aliphatic rings. The minimum atomic E-state index is 0.500. The van der Waals surface area contributed by atoms with E-state index >= 15 is 0 Å². The standard InChI is InChI=1S/C43H48.C5H12/c1-26(2)20-38-28(4)21-36-22-35(24-41(36)43(38)33-10-8-27(3)9-11-33)34-18-19-37-39(31-16-17-31)25-40(42(37)23-34)32-14-12-30(13-15-32)29-6-5-7-29;1-5(2,3)4/h8-11,18-19,21-23,25,29-32,39H,1,5-7,12-17,20,24H2,2-4H3;1-4H3. The fourth-order valence-corrected chi connectivity index (χ4v) is 9.15. The summed E-state index contributed by atoms with van der Waals surface area (Å²) in [5.74, 6) is 4.38. The van der Waals surface area contributed by atoms with E-state index in [0.717, 1.165) is 36.5 Å². The third kappa shape index (κ3) is 7.11. The first kappa shape index (κ1) is 33.4. The molecule has 1 unspecified atom stereocenters. The van der Waals surface area contributed by atoms with Crippen molar-refractivity contribution in [2.45, 2.75) is 125 Å². The molecule has 0 saturated heterocycles. The highest BCUT2D eigenvalue weighted by Crippen LogP contribution is 2.54. The molecule has 252 valence electrons. The van der Waals surface area contributed by atoms with E-state index in [1.165, 1.54) is 113 Å². The van der Waals surface area contributed by atoms with Crippen LogP contribution < -0.4 is 0 Å². The predicted octanol–water partition coefficient (Wildman–Crippen LogP) is 13.7. The Bertz CT molecular complexity index is 1730. The highest BCUT2D eigenvalue weighted by molar-refractivity contribution is 5.94. The summed E-state index contributed by atoms with van der Waals surface area (Å²) in [6.45, 7) is 19.7. The first-order chi connectivity index (χ1) is 22.9. The number of rotatable bonds is 7. The van der Waals surface area contributed by atoms with E-state index in [1.54, 1.807) is 16.7 Å². The number of allylic oxidation sites excluding steroid dienone is 4. The highest BCUT2D eigenvalue weighted by atomic mass is 14.4. The molecular formula is C48H60. The number of fused-ring (bicyclic) bond motifs is 2. The van der Waals surface area contributed by atoms with Crippen molar-refractivity contribution in [1.29, 1.82) is 0 Å². The topological polar surface area (TPSA) is 0 Å². The Morgan fingerprint density at radius 3 is 2.00 bits per heavy atom. The molecule has 5 aliphatic carbocycles. The summed E-state index contributed by atoms with van der Waals surface area (Å²) in [6.07, 6.45) is 20.3. The van der Waals surface area contributed by atoms with Crippen LogP contribution in [0.5, 0.6) is 0 Å². The second kappa shape index (κ2) is 13.3. The normalized spacial score (nSPS) is 23.4. The van der Waals surface area contributed by atoms with Gasteiger partial charge in [0, 0.05) is 5.92 Å². The quantitative estimate of drug-likeness (QED) is 0.226. The maximum atomic E-state index is 4.30. The Morgan fingerprint density at radius 2 is 1.40 bits per heavy atom. The van der Waals surface area contributed by atoms with Crippen molar-refractivity contribution in [3.05, 3.63) is 111 Å². The van der Waals surface area contributed by atoms with Gasteiger partial charge in [0.15, 0.2) is 0 Å². The molecule has 48 heavy (non-hydrogen) atoms.